The average Bonchev–Trinajstić information content (AvgIpc) is 2.68. The molecule has 0 aliphatic rings. The second-order valence-corrected chi connectivity index (χ2v) is 4.18. The van der Waals surface area contributed by atoms with E-state index in [2.05, 4.69) is 26.2 Å². The largest absolute Gasteiger partial charge is 0.469 e. The molecule has 1 amide bonds. The molecule has 16 heavy (non-hydrogen) atoms. The Morgan fingerprint density at radius 3 is 2.88 bits per heavy atom. The molecule has 0 fully saturated rings. The lowest BCUT2D eigenvalue weighted by Gasteiger charge is -2.01. The Labute approximate surface area is 101 Å². The first-order chi connectivity index (χ1) is 7.65. The maximum Gasteiger partial charge on any atom is 0.260 e. The molecule has 2 aromatic heterocycles. The Balaban J connectivity index is 2.10. The normalized spacial score (nSPS) is 10.1. The molecule has 4 nitrogen and oxygen atoms in total. The van der Waals surface area contributed by atoms with Gasteiger partial charge < -0.3 is 9.73 Å². The maximum atomic E-state index is 11.7. The van der Waals surface area contributed by atoms with Crippen molar-refractivity contribution in [1.29, 1.82) is 0 Å². The fraction of sp³-hybridized carbons (Fsp3) is 0.0909. The summed E-state index contributed by atoms with van der Waals surface area (Å²) in [6, 6.07) is 5.20. The van der Waals surface area contributed by atoms with Crippen LogP contribution in [-0.2, 0) is 0 Å². The van der Waals surface area contributed by atoms with Gasteiger partial charge in [-0.05, 0) is 41.1 Å². The van der Waals surface area contributed by atoms with Crippen LogP contribution in [0.25, 0.3) is 0 Å². The molecule has 0 aliphatic heterocycles. The number of furan rings is 1. The quantitative estimate of drug-likeness (QED) is 0.920. The predicted molar refractivity (Wildman–Crippen MR) is 63.3 cm³/mol. The maximum absolute atomic E-state index is 11.7. The minimum absolute atomic E-state index is 0.230. The second-order valence-electron chi connectivity index (χ2n) is 3.26. The number of nitrogens with one attached hydrogen (secondary N) is 1. The third kappa shape index (κ3) is 2.49. The molecule has 5 heteroatoms. The fourth-order valence-corrected chi connectivity index (χ4v) is 1.44. The van der Waals surface area contributed by atoms with Crippen molar-refractivity contribution < 1.29 is 9.21 Å². The lowest BCUT2D eigenvalue weighted by Crippen LogP contribution is -2.11. The molecule has 0 saturated heterocycles. The number of aryl methyl sites for hydroxylation is 1. The lowest BCUT2D eigenvalue weighted by molar-refractivity contribution is 0.102. The molecule has 82 valence electrons. The van der Waals surface area contributed by atoms with Crippen molar-refractivity contribution in [3.05, 3.63) is 46.5 Å². The number of halogens is 1. The van der Waals surface area contributed by atoms with Crippen LogP contribution in [0.1, 0.15) is 16.1 Å². The fourth-order valence-electron chi connectivity index (χ4n) is 1.20. The first-order valence-electron chi connectivity index (χ1n) is 4.63. The highest BCUT2D eigenvalue weighted by Gasteiger charge is 2.09. The van der Waals surface area contributed by atoms with E-state index in [1.54, 1.807) is 25.3 Å². The van der Waals surface area contributed by atoms with Crippen LogP contribution in [0.2, 0.25) is 0 Å². The van der Waals surface area contributed by atoms with Gasteiger partial charge in [0.05, 0.1) is 5.56 Å². The van der Waals surface area contributed by atoms with Crippen molar-refractivity contribution in [1.82, 2.24) is 4.98 Å². The van der Waals surface area contributed by atoms with Crippen LogP contribution in [0, 0.1) is 6.92 Å². The average molecular weight is 281 g/mol. The molecule has 0 atom stereocenters. The van der Waals surface area contributed by atoms with Crippen LogP contribution in [-0.4, -0.2) is 10.9 Å². The molecule has 0 saturated carbocycles. The van der Waals surface area contributed by atoms with Crippen LogP contribution in [0.15, 0.2) is 39.5 Å². The van der Waals surface area contributed by atoms with Crippen molar-refractivity contribution in [2.75, 3.05) is 5.32 Å². The van der Waals surface area contributed by atoms with Gasteiger partial charge in [-0.3, -0.25) is 4.79 Å². The molecule has 0 spiro atoms. The molecule has 2 rings (SSSR count). The van der Waals surface area contributed by atoms with Crippen LogP contribution in [0.3, 0.4) is 0 Å². The molecule has 0 aliphatic carbocycles. The first-order valence-corrected chi connectivity index (χ1v) is 5.42. The molecule has 0 radical (unpaired) electrons. The number of carbonyl (C=O) groups is 1. The highest BCUT2D eigenvalue weighted by molar-refractivity contribution is 9.10. The first kappa shape index (κ1) is 10.9. The van der Waals surface area contributed by atoms with Crippen LogP contribution >= 0.6 is 15.9 Å². The number of hydrogen-bond acceptors (Lipinski definition) is 3. The molecule has 2 heterocycles. The summed E-state index contributed by atoms with van der Waals surface area (Å²) in [5.41, 5.74) is 0.488. The van der Waals surface area contributed by atoms with Gasteiger partial charge in [0.1, 0.15) is 17.8 Å². The number of hydrogen-bond donors (Lipinski definition) is 1. The second kappa shape index (κ2) is 4.49. The predicted octanol–water partition coefficient (Wildman–Crippen LogP) is 3.00. The molecule has 0 aromatic carbocycles. The molecular weight excluding hydrogens is 272 g/mol. The van der Waals surface area contributed by atoms with Gasteiger partial charge in [-0.25, -0.2) is 4.98 Å². The van der Waals surface area contributed by atoms with Gasteiger partial charge in [0.2, 0.25) is 0 Å². The summed E-state index contributed by atoms with van der Waals surface area (Å²) in [4.78, 5) is 15.7. The van der Waals surface area contributed by atoms with Crippen LogP contribution in [0.4, 0.5) is 5.82 Å². The zero-order valence-corrected chi connectivity index (χ0v) is 10.1. The van der Waals surface area contributed by atoms with E-state index >= 15 is 0 Å². The van der Waals surface area contributed by atoms with Gasteiger partial charge in [-0.15, -0.1) is 0 Å². The molecule has 2 aromatic rings. The van der Waals surface area contributed by atoms with Gasteiger partial charge in [0, 0.05) is 10.7 Å². The van der Waals surface area contributed by atoms with Crippen LogP contribution < -0.4 is 5.32 Å². The van der Waals surface area contributed by atoms with E-state index in [4.69, 9.17) is 4.42 Å². The van der Waals surface area contributed by atoms with Crippen molar-refractivity contribution in [2.24, 2.45) is 0 Å². The molecular formula is C11H9BrN2O2. The molecule has 1 N–H and O–H groups in total. The van der Waals surface area contributed by atoms with Crippen molar-refractivity contribution in [3.8, 4) is 0 Å². The van der Waals surface area contributed by atoms with Gasteiger partial charge in [-0.2, -0.15) is 0 Å². The van der Waals surface area contributed by atoms with E-state index in [1.165, 1.54) is 6.26 Å². The Bertz CT molecular complexity index is 505. The summed E-state index contributed by atoms with van der Waals surface area (Å²) >= 11 is 3.27. The zero-order chi connectivity index (χ0) is 11.5. The minimum atomic E-state index is -0.230. The zero-order valence-electron chi connectivity index (χ0n) is 8.53. The molecule has 0 bridgehead atoms. The van der Waals surface area contributed by atoms with E-state index < -0.39 is 0 Å². The lowest BCUT2D eigenvalue weighted by atomic mass is 10.3. The van der Waals surface area contributed by atoms with E-state index in [0.717, 1.165) is 4.47 Å². The monoisotopic (exact) mass is 280 g/mol. The van der Waals surface area contributed by atoms with E-state index in [0.29, 0.717) is 17.1 Å². The highest BCUT2D eigenvalue weighted by atomic mass is 79.9. The third-order valence-electron chi connectivity index (χ3n) is 1.96. The number of anilines is 1. The Morgan fingerprint density at radius 1 is 1.50 bits per heavy atom. The summed E-state index contributed by atoms with van der Waals surface area (Å²) in [6.07, 6.45) is 3.04. The summed E-state index contributed by atoms with van der Waals surface area (Å²) in [7, 11) is 0. The summed E-state index contributed by atoms with van der Waals surface area (Å²) in [5, 5.41) is 2.67. The number of pyridine rings is 1. The van der Waals surface area contributed by atoms with E-state index in [1.807, 2.05) is 6.07 Å². The number of carbonyl (C=O) groups excluding carboxylic acids is 1. The summed E-state index contributed by atoms with van der Waals surface area (Å²) in [5.74, 6) is 0.979. The van der Waals surface area contributed by atoms with Crippen molar-refractivity contribution in [2.45, 2.75) is 6.92 Å². The number of nitrogens with zero attached hydrogens (tertiary/aromatic N) is 1. The SMILES string of the molecule is Cc1cc(C(=O)Nc2ccc(Br)cn2)co1. The van der Waals surface area contributed by atoms with E-state index in [-0.39, 0.29) is 5.91 Å². The topological polar surface area (TPSA) is 55.1 Å². The number of rotatable bonds is 2. The van der Waals surface area contributed by atoms with Gasteiger partial charge in [0.25, 0.3) is 5.91 Å². The number of aromatic nitrogens is 1. The van der Waals surface area contributed by atoms with Crippen LogP contribution in [0.5, 0.6) is 0 Å². The van der Waals surface area contributed by atoms with E-state index in [9.17, 15) is 4.79 Å². The van der Waals surface area contributed by atoms with Crippen molar-refractivity contribution in [3.63, 3.8) is 0 Å². The highest BCUT2D eigenvalue weighted by Crippen LogP contribution is 2.12. The summed E-state index contributed by atoms with van der Waals surface area (Å²) < 4.78 is 5.92. The smallest absolute Gasteiger partial charge is 0.260 e. The Morgan fingerprint density at radius 2 is 2.31 bits per heavy atom. The van der Waals surface area contributed by atoms with Crippen molar-refractivity contribution >= 4 is 27.7 Å². The number of amides is 1. The van der Waals surface area contributed by atoms with Gasteiger partial charge in [0.15, 0.2) is 0 Å². The Hall–Kier alpha value is -1.62. The standard InChI is InChI=1S/C11H9BrN2O2/c1-7-4-8(6-16-7)11(15)14-10-3-2-9(12)5-13-10/h2-6H,1H3,(H,13,14,15). The van der Waals surface area contributed by atoms with Gasteiger partial charge >= 0.3 is 0 Å². The third-order valence-corrected chi connectivity index (χ3v) is 2.43. The minimum Gasteiger partial charge on any atom is -0.469 e. The van der Waals surface area contributed by atoms with Gasteiger partial charge in [-0.1, -0.05) is 0 Å². The molecule has 0 unspecified atom stereocenters. The Kier molecular flexibility index (Phi) is 3.05. The summed E-state index contributed by atoms with van der Waals surface area (Å²) in [6.45, 7) is 1.79.